The molecule has 16 heavy (non-hydrogen) atoms. The molecular weight excluding hydrogens is 198 g/mol. The van der Waals surface area contributed by atoms with E-state index in [1.807, 2.05) is 0 Å². The standard InChI is InChI=1S/C14H27NO/c1-2-3-4-5-6-10-14(16)12-8-7-9-13(15)11-12/h12-13H,2-11,15H2,1H3. The molecule has 1 aliphatic carbocycles. The number of Topliss-reactive ketones (excluding diaryl/α,β-unsaturated/α-hetero) is 1. The van der Waals surface area contributed by atoms with E-state index in [0.717, 1.165) is 38.5 Å². The van der Waals surface area contributed by atoms with E-state index in [9.17, 15) is 4.79 Å². The molecule has 0 spiro atoms. The predicted molar refractivity (Wildman–Crippen MR) is 68.3 cm³/mol. The third kappa shape index (κ3) is 5.11. The minimum Gasteiger partial charge on any atom is -0.328 e. The predicted octanol–water partition coefficient (Wildman–Crippen LogP) is 3.43. The summed E-state index contributed by atoms with van der Waals surface area (Å²) >= 11 is 0. The minimum atomic E-state index is 0.280. The number of rotatable bonds is 7. The summed E-state index contributed by atoms with van der Waals surface area (Å²) < 4.78 is 0. The van der Waals surface area contributed by atoms with Crippen LogP contribution in [0.3, 0.4) is 0 Å². The van der Waals surface area contributed by atoms with Crippen molar-refractivity contribution in [2.75, 3.05) is 0 Å². The van der Waals surface area contributed by atoms with Gasteiger partial charge in [0.05, 0.1) is 0 Å². The van der Waals surface area contributed by atoms with E-state index in [-0.39, 0.29) is 12.0 Å². The van der Waals surface area contributed by atoms with Gasteiger partial charge in [-0.05, 0) is 25.7 Å². The summed E-state index contributed by atoms with van der Waals surface area (Å²) in [5, 5.41) is 0. The van der Waals surface area contributed by atoms with Gasteiger partial charge in [0.2, 0.25) is 0 Å². The molecule has 2 nitrogen and oxygen atoms in total. The van der Waals surface area contributed by atoms with Gasteiger partial charge in [0.1, 0.15) is 5.78 Å². The monoisotopic (exact) mass is 225 g/mol. The fraction of sp³-hybridized carbons (Fsp3) is 0.929. The van der Waals surface area contributed by atoms with E-state index in [4.69, 9.17) is 5.73 Å². The molecular formula is C14H27NO. The van der Waals surface area contributed by atoms with Gasteiger partial charge in [-0.15, -0.1) is 0 Å². The summed E-state index contributed by atoms with van der Waals surface area (Å²) in [5.74, 6) is 0.765. The second-order valence-corrected chi connectivity index (χ2v) is 5.25. The highest BCUT2D eigenvalue weighted by atomic mass is 16.1. The molecule has 0 bridgehead atoms. The average molecular weight is 225 g/mol. The van der Waals surface area contributed by atoms with Crippen LogP contribution in [0.5, 0.6) is 0 Å². The summed E-state index contributed by atoms with van der Waals surface area (Å²) in [4.78, 5) is 11.9. The molecule has 2 heteroatoms. The van der Waals surface area contributed by atoms with Gasteiger partial charge in [-0.2, -0.15) is 0 Å². The van der Waals surface area contributed by atoms with Crippen molar-refractivity contribution in [3.8, 4) is 0 Å². The fourth-order valence-electron chi connectivity index (χ4n) is 2.63. The smallest absolute Gasteiger partial charge is 0.136 e. The maximum absolute atomic E-state index is 11.9. The molecule has 0 aromatic carbocycles. The Morgan fingerprint density at radius 3 is 2.62 bits per heavy atom. The third-order valence-electron chi connectivity index (χ3n) is 3.70. The van der Waals surface area contributed by atoms with Gasteiger partial charge in [-0.1, -0.05) is 39.0 Å². The Labute approximate surface area is 100.0 Å². The SMILES string of the molecule is CCCCCCCC(=O)C1CCCC(N)C1. The highest BCUT2D eigenvalue weighted by Crippen LogP contribution is 2.25. The number of unbranched alkanes of at least 4 members (excludes halogenated alkanes) is 4. The summed E-state index contributed by atoms with van der Waals surface area (Å²) in [6.07, 6.45) is 11.2. The second-order valence-electron chi connectivity index (χ2n) is 5.25. The molecule has 94 valence electrons. The Kier molecular flexibility index (Phi) is 6.70. The first kappa shape index (κ1) is 13.7. The van der Waals surface area contributed by atoms with Crippen LogP contribution in [0.4, 0.5) is 0 Å². The number of nitrogens with two attached hydrogens (primary N) is 1. The zero-order valence-electron chi connectivity index (χ0n) is 10.7. The van der Waals surface area contributed by atoms with Crippen molar-refractivity contribution in [3.05, 3.63) is 0 Å². The minimum absolute atomic E-state index is 0.280. The Hall–Kier alpha value is -0.370. The van der Waals surface area contributed by atoms with E-state index >= 15 is 0 Å². The molecule has 1 aliphatic rings. The molecule has 2 unspecified atom stereocenters. The Balaban J connectivity index is 2.09. The molecule has 0 saturated heterocycles. The van der Waals surface area contributed by atoms with Crippen LogP contribution in [0.15, 0.2) is 0 Å². The molecule has 0 radical (unpaired) electrons. The lowest BCUT2D eigenvalue weighted by molar-refractivity contribution is -0.124. The van der Waals surface area contributed by atoms with Crippen molar-refractivity contribution in [3.63, 3.8) is 0 Å². The largest absolute Gasteiger partial charge is 0.328 e. The first-order valence-corrected chi connectivity index (χ1v) is 7.02. The lowest BCUT2D eigenvalue weighted by atomic mass is 9.82. The molecule has 2 N–H and O–H groups in total. The molecule has 1 fully saturated rings. The van der Waals surface area contributed by atoms with E-state index in [2.05, 4.69) is 6.92 Å². The highest BCUT2D eigenvalue weighted by molar-refractivity contribution is 5.81. The summed E-state index contributed by atoms with van der Waals surface area (Å²) in [7, 11) is 0. The Morgan fingerprint density at radius 2 is 1.94 bits per heavy atom. The summed E-state index contributed by atoms with van der Waals surface area (Å²) in [5.41, 5.74) is 5.91. The number of carbonyl (C=O) groups is 1. The molecule has 0 amide bonds. The molecule has 0 aromatic rings. The van der Waals surface area contributed by atoms with Crippen LogP contribution in [-0.4, -0.2) is 11.8 Å². The zero-order valence-corrected chi connectivity index (χ0v) is 10.7. The molecule has 0 aliphatic heterocycles. The van der Waals surface area contributed by atoms with Crippen LogP contribution >= 0.6 is 0 Å². The van der Waals surface area contributed by atoms with Gasteiger partial charge in [0.15, 0.2) is 0 Å². The fourth-order valence-corrected chi connectivity index (χ4v) is 2.63. The van der Waals surface area contributed by atoms with Crippen molar-refractivity contribution in [2.24, 2.45) is 11.7 Å². The van der Waals surface area contributed by atoms with Crippen LogP contribution in [-0.2, 0) is 4.79 Å². The van der Waals surface area contributed by atoms with Crippen molar-refractivity contribution >= 4 is 5.78 Å². The van der Waals surface area contributed by atoms with Gasteiger partial charge in [-0.3, -0.25) is 4.79 Å². The van der Waals surface area contributed by atoms with E-state index in [0.29, 0.717) is 5.78 Å². The van der Waals surface area contributed by atoms with Crippen LogP contribution < -0.4 is 5.73 Å². The number of ketones is 1. The van der Waals surface area contributed by atoms with E-state index in [1.165, 1.54) is 25.7 Å². The lowest BCUT2D eigenvalue weighted by Gasteiger charge is -2.25. The summed E-state index contributed by atoms with van der Waals surface area (Å²) in [6.45, 7) is 2.22. The van der Waals surface area contributed by atoms with Gasteiger partial charge in [0.25, 0.3) is 0 Å². The molecule has 2 atom stereocenters. The van der Waals surface area contributed by atoms with Crippen LogP contribution in [0, 0.1) is 5.92 Å². The van der Waals surface area contributed by atoms with Crippen molar-refractivity contribution < 1.29 is 4.79 Å². The van der Waals surface area contributed by atoms with Gasteiger partial charge in [-0.25, -0.2) is 0 Å². The average Bonchev–Trinajstić information content (AvgIpc) is 2.28. The topological polar surface area (TPSA) is 43.1 Å². The number of hydrogen-bond donors (Lipinski definition) is 1. The molecule has 1 rings (SSSR count). The second kappa shape index (κ2) is 7.83. The maximum atomic E-state index is 11.9. The Morgan fingerprint density at radius 1 is 1.19 bits per heavy atom. The van der Waals surface area contributed by atoms with E-state index < -0.39 is 0 Å². The van der Waals surface area contributed by atoms with Crippen LogP contribution in [0.2, 0.25) is 0 Å². The van der Waals surface area contributed by atoms with E-state index in [1.54, 1.807) is 0 Å². The van der Waals surface area contributed by atoms with Gasteiger partial charge >= 0.3 is 0 Å². The number of carbonyl (C=O) groups excluding carboxylic acids is 1. The molecule has 1 saturated carbocycles. The zero-order chi connectivity index (χ0) is 11.8. The number of hydrogen-bond acceptors (Lipinski definition) is 2. The third-order valence-corrected chi connectivity index (χ3v) is 3.70. The van der Waals surface area contributed by atoms with Crippen molar-refractivity contribution in [2.45, 2.75) is 77.2 Å². The maximum Gasteiger partial charge on any atom is 0.136 e. The quantitative estimate of drug-likeness (QED) is 0.674. The van der Waals surface area contributed by atoms with Crippen molar-refractivity contribution in [1.29, 1.82) is 0 Å². The normalized spacial score (nSPS) is 25.6. The molecule has 0 aromatic heterocycles. The first-order valence-electron chi connectivity index (χ1n) is 7.02. The lowest BCUT2D eigenvalue weighted by Crippen LogP contribution is -2.31. The summed E-state index contributed by atoms with van der Waals surface area (Å²) in [6, 6.07) is 0.280. The highest BCUT2D eigenvalue weighted by Gasteiger charge is 2.24. The van der Waals surface area contributed by atoms with Crippen LogP contribution in [0.1, 0.15) is 71.1 Å². The molecule has 0 heterocycles. The Bertz CT molecular complexity index is 203. The van der Waals surface area contributed by atoms with Gasteiger partial charge < -0.3 is 5.73 Å². The first-order chi connectivity index (χ1) is 7.74. The van der Waals surface area contributed by atoms with Gasteiger partial charge in [0, 0.05) is 18.4 Å². The van der Waals surface area contributed by atoms with Crippen molar-refractivity contribution in [1.82, 2.24) is 0 Å². The van der Waals surface area contributed by atoms with Crippen LogP contribution in [0.25, 0.3) is 0 Å².